The summed E-state index contributed by atoms with van der Waals surface area (Å²) in [5.74, 6) is 0.228. The molecule has 0 amide bonds. The standard InChI is InChI=1S/C19H31NO2/c1-2-3-4-5-6-7-8-9-19(22)17-12-10-16(11-13-17)14-18(20)15-21/h10-13,18,21H,2-9,14-15,20H2,1H3. The van der Waals surface area contributed by atoms with Crippen LogP contribution in [0, 0.1) is 0 Å². The molecule has 0 aliphatic carbocycles. The minimum atomic E-state index is -0.228. The van der Waals surface area contributed by atoms with Crippen LogP contribution < -0.4 is 5.73 Å². The molecule has 0 spiro atoms. The van der Waals surface area contributed by atoms with Gasteiger partial charge in [-0.2, -0.15) is 0 Å². The largest absolute Gasteiger partial charge is 0.395 e. The molecule has 0 fully saturated rings. The molecule has 1 rings (SSSR count). The Bertz CT molecular complexity index is 414. The summed E-state index contributed by atoms with van der Waals surface area (Å²) in [6, 6.07) is 7.40. The SMILES string of the molecule is CCCCCCCCCC(=O)c1ccc(CC(N)CO)cc1. The van der Waals surface area contributed by atoms with Gasteiger partial charge in [0.2, 0.25) is 0 Å². The van der Waals surface area contributed by atoms with Crippen LogP contribution in [-0.4, -0.2) is 23.5 Å². The quantitative estimate of drug-likeness (QED) is 0.455. The lowest BCUT2D eigenvalue weighted by Crippen LogP contribution is -2.26. The first-order valence-electron chi connectivity index (χ1n) is 8.66. The Labute approximate surface area is 134 Å². The molecule has 3 N–H and O–H groups in total. The van der Waals surface area contributed by atoms with E-state index in [1.165, 1.54) is 32.1 Å². The Hall–Kier alpha value is -1.19. The van der Waals surface area contributed by atoms with Crippen LogP contribution in [0.5, 0.6) is 0 Å². The van der Waals surface area contributed by atoms with E-state index in [4.69, 9.17) is 10.8 Å². The van der Waals surface area contributed by atoms with Crippen LogP contribution in [0.15, 0.2) is 24.3 Å². The monoisotopic (exact) mass is 305 g/mol. The van der Waals surface area contributed by atoms with Gasteiger partial charge in [-0.15, -0.1) is 0 Å². The van der Waals surface area contributed by atoms with E-state index in [0.717, 1.165) is 24.0 Å². The van der Waals surface area contributed by atoms with Gasteiger partial charge in [0.05, 0.1) is 6.61 Å². The lowest BCUT2D eigenvalue weighted by atomic mass is 10.0. The van der Waals surface area contributed by atoms with Crippen molar-refractivity contribution in [2.75, 3.05) is 6.61 Å². The number of unbranched alkanes of at least 4 members (excludes halogenated alkanes) is 6. The molecule has 3 heteroatoms. The van der Waals surface area contributed by atoms with Crippen molar-refractivity contribution in [2.24, 2.45) is 5.73 Å². The number of carbonyl (C=O) groups excluding carboxylic acids is 1. The molecule has 22 heavy (non-hydrogen) atoms. The highest BCUT2D eigenvalue weighted by molar-refractivity contribution is 5.96. The molecule has 1 aromatic rings. The van der Waals surface area contributed by atoms with Gasteiger partial charge in [-0.3, -0.25) is 4.79 Å². The van der Waals surface area contributed by atoms with Crippen molar-refractivity contribution in [1.29, 1.82) is 0 Å². The third-order valence-electron chi connectivity index (χ3n) is 4.02. The highest BCUT2D eigenvalue weighted by Gasteiger charge is 2.07. The zero-order chi connectivity index (χ0) is 16.2. The predicted octanol–water partition coefficient (Wildman–Crippen LogP) is 3.87. The fourth-order valence-electron chi connectivity index (χ4n) is 2.58. The summed E-state index contributed by atoms with van der Waals surface area (Å²) in [7, 11) is 0. The highest BCUT2D eigenvalue weighted by Crippen LogP contribution is 2.13. The number of benzene rings is 1. The number of rotatable bonds is 12. The zero-order valence-electron chi connectivity index (χ0n) is 13.9. The van der Waals surface area contributed by atoms with Gasteiger partial charge in [-0.25, -0.2) is 0 Å². The van der Waals surface area contributed by atoms with E-state index in [0.29, 0.717) is 12.8 Å². The molecule has 1 unspecified atom stereocenters. The van der Waals surface area contributed by atoms with Crippen molar-refractivity contribution in [1.82, 2.24) is 0 Å². The third kappa shape index (κ3) is 7.71. The normalized spacial score (nSPS) is 12.3. The summed E-state index contributed by atoms with van der Waals surface area (Å²) in [6.07, 6.45) is 9.88. The Morgan fingerprint density at radius 1 is 1.05 bits per heavy atom. The molecule has 0 radical (unpaired) electrons. The fraction of sp³-hybridized carbons (Fsp3) is 0.632. The topological polar surface area (TPSA) is 63.3 Å². The fourth-order valence-corrected chi connectivity index (χ4v) is 2.58. The number of carbonyl (C=O) groups is 1. The minimum absolute atomic E-state index is 0.0149. The first-order chi connectivity index (χ1) is 10.7. The number of hydrogen-bond donors (Lipinski definition) is 2. The van der Waals surface area contributed by atoms with Gasteiger partial charge in [0.1, 0.15) is 0 Å². The van der Waals surface area contributed by atoms with Crippen LogP contribution in [0.2, 0.25) is 0 Å². The third-order valence-corrected chi connectivity index (χ3v) is 4.02. The van der Waals surface area contributed by atoms with E-state index in [1.807, 2.05) is 24.3 Å². The van der Waals surface area contributed by atoms with E-state index in [-0.39, 0.29) is 18.4 Å². The van der Waals surface area contributed by atoms with Gasteiger partial charge in [-0.1, -0.05) is 69.7 Å². The van der Waals surface area contributed by atoms with Gasteiger partial charge in [-0.05, 0) is 18.4 Å². The lowest BCUT2D eigenvalue weighted by molar-refractivity contribution is 0.0979. The smallest absolute Gasteiger partial charge is 0.162 e. The van der Waals surface area contributed by atoms with Crippen LogP contribution in [0.25, 0.3) is 0 Å². The first kappa shape index (κ1) is 18.9. The van der Waals surface area contributed by atoms with Crippen molar-refractivity contribution in [3.63, 3.8) is 0 Å². The molecular weight excluding hydrogens is 274 g/mol. The molecular formula is C19H31NO2. The molecule has 124 valence electrons. The maximum absolute atomic E-state index is 12.1. The van der Waals surface area contributed by atoms with Crippen LogP contribution in [0.4, 0.5) is 0 Å². The average Bonchev–Trinajstić information content (AvgIpc) is 2.54. The number of hydrogen-bond acceptors (Lipinski definition) is 3. The van der Waals surface area contributed by atoms with Gasteiger partial charge in [0.15, 0.2) is 5.78 Å². The van der Waals surface area contributed by atoms with E-state index in [1.54, 1.807) is 0 Å². The first-order valence-corrected chi connectivity index (χ1v) is 8.66. The summed E-state index contributed by atoms with van der Waals surface area (Å²) in [6.45, 7) is 2.21. The van der Waals surface area contributed by atoms with Gasteiger partial charge in [0.25, 0.3) is 0 Å². The van der Waals surface area contributed by atoms with E-state index in [9.17, 15) is 4.79 Å². The second-order valence-electron chi connectivity index (χ2n) is 6.14. The molecule has 0 saturated heterocycles. The summed E-state index contributed by atoms with van der Waals surface area (Å²) in [5.41, 5.74) is 7.56. The van der Waals surface area contributed by atoms with E-state index < -0.39 is 0 Å². The molecule has 0 heterocycles. The Morgan fingerprint density at radius 3 is 2.23 bits per heavy atom. The second-order valence-corrected chi connectivity index (χ2v) is 6.14. The number of aliphatic hydroxyl groups is 1. The van der Waals surface area contributed by atoms with Crippen molar-refractivity contribution in [2.45, 2.75) is 70.8 Å². The van der Waals surface area contributed by atoms with E-state index in [2.05, 4.69) is 6.92 Å². The van der Waals surface area contributed by atoms with Crippen molar-refractivity contribution in [3.8, 4) is 0 Å². The van der Waals surface area contributed by atoms with Crippen LogP contribution in [0.1, 0.15) is 74.2 Å². The van der Waals surface area contributed by atoms with Crippen LogP contribution >= 0.6 is 0 Å². The maximum Gasteiger partial charge on any atom is 0.162 e. The van der Waals surface area contributed by atoms with Crippen molar-refractivity contribution < 1.29 is 9.90 Å². The summed E-state index contributed by atoms with van der Waals surface area (Å²) >= 11 is 0. The second kappa shape index (κ2) is 11.4. The molecule has 0 aliphatic heterocycles. The van der Waals surface area contributed by atoms with Gasteiger partial charge >= 0.3 is 0 Å². The molecule has 1 atom stereocenters. The maximum atomic E-state index is 12.1. The molecule has 1 aromatic carbocycles. The Kier molecular flexibility index (Phi) is 9.76. The van der Waals surface area contributed by atoms with Gasteiger partial charge in [0, 0.05) is 18.0 Å². The van der Waals surface area contributed by atoms with Crippen LogP contribution in [0.3, 0.4) is 0 Å². The summed E-state index contributed by atoms with van der Waals surface area (Å²) in [4.78, 5) is 12.1. The highest BCUT2D eigenvalue weighted by atomic mass is 16.3. The predicted molar refractivity (Wildman–Crippen MR) is 92.1 cm³/mol. The summed E-state index contributed by atoms with van der Waals surface area (Å²) in [5, 5.41) is 8.95. The van der Waals surface area contributed by atoms with Gasteiger partial charge < -0.3 is 10.8 Å². The number of nitrogens with two attached hydrogens (primary N) is 1. The molecule has 0 saturated carbocycles. The Balaban J connectivity index is 2.25. The lowest BCUT2D eigenvalue weighted by Gasteiger charge is -2.08. The van der Waals surface area contributed by atoms with Crippen molar-refractivity contribution >= 4 is 5.78 Å². The number of Topliss-reactive ketones (excluding diaryl/α,β-unsaturated/α-hetero) is 1. The number of aliphatic hydroxyl groups excluding tert-OH is 1. The van der Waals surface area contributed by atoms with Crippen molar-refractivity contribution in [3.05, 3.63) is 35.4 Å². The van der Waals surface area contributed by atoms with E-state index >= 15 is 0 Å². The Morgan fingerprint density at radius 2 is 1.64 bits per heavy atom. The summed E-state index contributed by atoms with van der Waals surface area (Å²) < 4.78 is 0. The number of ketones is 1. The molecule has 0 aliphatic rings. The minimum Gasteiger partial charge on any atom is -0.395 e. The average molecular weight is 305 g/mol. The zero-order valence-corrected chi connectivity index (χ0v) is 13.9. The molecule has 0 bridgehead atoms. The molecule has 3 nitrogen and oxygen atoms in total. The molecule has 0 aromatic heterocycles. The van der Waals surface area contributed by atoms with Crippen LogP contribution in [-0.2, 0) is 6.42 Å².